The largest absolute Gasteiger partial charge is 3.00 e. The molecule has 0 spiro atoms. The fourth-order valence-electron chi connectivity index (χ4n) is 1.23. The second-order valence-electron chi connectivity index (χ2n) is 2.94. The van der Waals surface area contributed by atoms with Gasteiger partial charge >= 0.3 is 26.2 Å². The third-order valence-electron chi connectivity index (χ3n) is 1.87. The molecule has 0 heterocycles. The molecule has 0 aromatic heterocycles. The van der Waals surface area contributed by atoms with Crippen LogP contribution in [0.25, 0.3) is 0 Å². The summed E-state index contributed by atoms with van der Waals surface area (Å²) < 4.78 is 0. The Morgan fingerprint density at radius 3 is 2.38 bits per heavy atom. The quantitative estimate of drug-likeness (QED) is 0.496. The van der Waals surface area contributed by atoms with Crippen LogP contribution in [0.4, 0.5) is 0 Å². The molecular weight excluding hydrogens is 282 g/mol. The molecule has 13 heavy (non-hydrogen) atoms. The molecular formula is C10H15Cl2Zr. The van der Waals surface area contributed by atoms with Gasteiger partial charge in [-0.3, -0.25) is 6.08 Å². The summed E-state index contributed by atoms with van der Waals surface area (Å²) in [4.78, 5) is 0. The van der Waals surface area contributed by atoms with E-state index in [4.69, 9.17) is 0 Å². The molecule has 73 valence electrons. The van der Waals surface area contributed by atoms with Crippen LogP contribution in [-0.4, -0.2) is 0 Å². The van der Waals surface area contributed by atoms with Crippen LogP contribution in [0.15, 0.2) is 17.2 Å². The predicted octanol–water partition coefficient (Wildman–Crippen LogP) is -2.74. The van der Waals surface area contributed by atoms with Crippen LogP contribution in [0.5, 0.6) is 0 Å². The second-order valence-corrected chi connectivity index (χ2v) is 2.94. The van der Waals surface area contributed by atoms with Crippen molar-refractivity contribution in [1.29, 1.82) is 0 Å². The third kappa shape index (κ3) is 7.97. The molecule has 0 aliphatic heterocycles. The number of unbranched alkanes of at least 4 members (excludes halogenated alkanes) is 1. The van der Waals surface area contributed by atoms with Crippen molar-refractivity contribution >= 4 is 0 Å². The summed E-state index contributed by atoms with van der Waals surface area (Å²) in [5, 5.41) is 0. The van der Waals surface area contributed by atoms with E-state index < -0.39 is 0 Å². The van der Waals surface area contributed by atoms with Gasteiger partial charge in [-0.15, -0.1) is 6.42 Å². The van der Waals surface area contributed by atoms with Crippen LogP contribution in [0.3, 0.4) is 0 Å². The molecule has 0 N–H and O–H groups in total. The molecule has 0 unspecified atom stereocenters. The molecule has 3 heteroatoms. The molecule has 1 aliphatic carbocycles. The first-order valence-corrected chi connectivity index (χ1v) is 4.10. The van der Waals surface area contributed by atoms with E-state index in [2.05, 4.69) is 26.0 Å². The topological polar surface area (TPSA) is 0 Å². The van der Waals surface area contributed by atoms with Crippen LogP contribution in [0, 0.1) is 6.08 Å². The zero-order chi connectivity index (χ0) is 7.40. The average Bonchev–Trinajstić information content (AvgIpc) is 2.31. The van der Waals surface area contributed by atoms with Gasteiger partial charge in [-0.2, -0.15) is 5.57 Å². The summed E-state index contributed by atoms with van der Waals surface area (Å²) in [7, 11) is 0. The van der Waals surface area contributed by atoms with Crippen LogP contribution in [0.1, 0.15) is 39.5 Å². The van der Waals surface area contributed by atoms with Crippen LogP contribution in [-0.2, 0) is 26.2 Å². The van der Waals surface area contributed by atoms with Crippen molar-refractivity contribution in [2.75, 3.05) is 0 Å². The normalized spacial score (nSPS) is 13.1. The average molecular weight is 297 g/mol. The van der Waals surface area contributed by atoms with Gasteiger partial charge < -0.3 is 24.8 Å². The van der Waals surface area contributed by atoms with E-state index in [0.717, 1.165) is 6.42 Å². The maximum absolute atomic E-state index is 3.30. The van der Waals surface area contributed by atoms with Gasteiger partial charge in [0.2, 0.25) is 0 Å². The molecule has 1 aliphatic rings. The molecule has 1 radical (unpaired) electrons. The van der Waals surface area contributed by atoms with E-state index in [0.29, 0.717) is 0 Å². The van der Waals surface area contributed by atoms with Crippen molar-refractivity contribution in [3.8, 4) is 0 Å². The van der Waals surface area contributed by atoms with Gasteiger partial charge in [0.1, 0.15) is 0 Å². The molecule has 0 bridgehead atoms. The molecule has 0 atom stereocenters. The molecule has 0 amide bonds. The monoisotopic (exact) mass is 295 g/mol. The summed E-state index contributed by atoms with van der Waals surface area (Å²) in [6.07, 6.45) is 10.6. The summed E-state index contributed by atoms with van der Waals surface area (Å²) in [6, 6.07) is 0. The molecule has 0 fully saturated rings. The SMILES string of the molecule is CCCCC1=CC(C)=[C-]C1.[Cl-].[Cl-].[Zr+3]. The first-order chi connectivity index (χ1) is 4.83. The summed E-state index contributed by atoms with van der Waals surface area (Å²) in [6.45, 7) is 4.36. The van der Waals surface area contributed by atoms with E-state index in [9.17, 15) is 0 Å². The molecule has 0 aromatic rings. The van der Waals surface area contributed by atoms with Gasteiger partial charge in [-0.25, -0.2) is 11.6 Å². The van der Waals surface area contributed by atoms with E-state index >= 15 is 0 Å². The number of hydrogen-bond acceptors (Lipinski definition) is 0. The second kappa shape index (κ2) is 11.0. The molecule has 0 saturated heterocycles. The zero-order valence-corrected chi connectivity index (χ0v) is 12.1. The number of rotatable bonds is 3. The van der Waals surface area contributed by atoms with Gasteiger partial charge in [0.25, 0.3) is 0 Å². The van der Waals surface area contributed by atoms with Crippen molar-refractivity contribution in [1.82, 2.24) is 0 Å². The number of halogens is 2. The fraction of sp³-hybridized carbons (Fsp3) is 0.600. The van der Waals surface area contributed by atoms with Crippen LogP contribution in [0.2, 0.25) is 0 Å². The minimum Gasteiger partial charge on any atom is -1.00 e. The van der Waals surface area contributed by atoms with Gasteiger partial charge in [0.15, 0.2) is 0 Å². The molecule has 0 saturated carbocycles. The predicted molar refractivity (Wildman–Crippen MR) is 44.7 cm³/mol. The zero-order valence-electron chi connectivity index (χ0n) is 8.16. The fourth-order valence-corrected chi connectivity index (χ4v) is 1.23. The van der Waals surface area contributed by atoms with Gasteiger partial charge in [-0.05, 0) is 6.42 Å². The van der Waals surface area contributed by atoms with E-state index in [1.165, 1.54) is 24.8 Å². The van der Waals surface area contributed by atoms with Crippen molar-refractivity contribution in [2.45, 2.75) is 39.5 Å². The minimum absolute atomic E-state index is 0. The molecule has 1 rings (SSSR count). The molecule has 0 aromatic carbocycles. The van der Waals surface area contributed by atoms with Crippen LogP contribution >= 0.6 is 0 Å². The minimum atomic E-state index is 0. The first kappa shape index (κ1) is 19.5. The maximum Gasteiger partial charge on any atom is 3.00 e. The Hall–Kier alpha value is 0.943. The van der Waals surface area contributed by atoms with Crippen molar-refractivity contribution < 1.29 is 51.0 Å². The Morgan fingerprint density at radius 2 is 2.00 bits per heavy atom. The Balaban J connectivity index is -0.000000333. The number of allylic oxidation sites excluding steroid dienone is 4. The Morgan fingerprint density at radius 1 is 1.38 bits per heavy atom. The van der Waals surface area contributed by atoms with Gasteiger partial charge in [0, 0.05) is 0 Å². The van der Waals surface area contributed by atoms with Crippen molar-refractivity contribution in [2.24, 2.45) is 0 Å². The Kier molecular flexibility index (Phi) is 16.5. The smallest absolute Gasteiger partial charge is 1.00 e. The van der Waals surface area contributed by atoms with Crippen LogP contribution < -0.4 is 24.8 Å². The molecule has 0 nitrogen and oxygen atoms in total. The summed E-state index contributed by atoms with van der Waals surface area (Å²) in [5.41, 5.74) is 2.89. The summed E-state index contributed by atoms with van der Waals surface area (Å²) >= 11 is 0. The number of hydrogen-bond donors (Lipinski definition) is 0. The van der Waals surface area contributed by atoms with E-state index in [1.807, 2.05) is 0 Å². The van der Waals surface area contributed by atoms with E-state index in [1.54, 1.807) is 5.57 Å². The van der Waals surface area contributed by atoms with Gasteiger partial charge in [-0.1, -0.05) is 26.7 Å². The first-order valence-electron chi connectivity index (χ1n) is 4.10. The van der Waals surface area contributed by atoms with E-state index in [-0.39, 0.29) is 51.0 Å². The van der Waals surface area contributed by atoms with Crippen molar-refractivity contribution in [3.63, 3.8) is 0 Å². The summed E-state index contributed by atoms with van der Waals surface area (Å²) in [5.74, 6) is 0. The Labute approximate surface area is 113 Å². The van der Waals surface area contributed by atoms with Crippen molar-refractivity contribution in [3.05, 3.63) is 23.3 Å². The Bertz CT molecular complexity index is 174. The maximum atomic E-state index is 3.30. The standard InChI is InChI=1S/C10H15.2ClH.Zr/c1-3-4-5-10-7-6-9(2)8-10;;;/h8H,3-5,7H2,1-2H3;2*1H;/q-1;;;+3/p-2. The van der Waals surface area contributed by atoms with Gasteiger partial charge in [0.05, 0.1) is 0 Å². The third-order valence-corrected chi connectivity index (χ3v) is 1.87.